The van der Waals surface area contributed by atoms with Crippen LogP contribution in [0.25, 0.3) is 72.3 Å². The van der Waals surface area contributed by atoms with Gasteiger partial charge in [-0.1, -0.05) is 186 Å². The van der Waals surface area contributed by atoms with Crippen molar-refractivity contribution in [2.24, 2.45) is 0 Å². The van der Waals surface area contributed by atoms with Gasteiger partial charge in [0.05, 0.1) is 27.7 Å². The summed E-state index contributed by atoms with van der Waals surface area (Å²) in [7, 11) is 0. The molecular formula is C68H68N4OPt-2. The largest absolute Gasteiger partial charge is 0.510 e. The molecule has 378 valence electrons. The smallest absolute Gasteiger partial charge is 0.268 e. The molecule has 0 spiro atoms. The molecule has 11 rings (SSSR count). The maximum atomic E-state index is 10.5. The third-order valence-corrected chi connectivity index (χ3v) is 13.4. The zero-order valence-corrected chi connectivity index (χ0v) is 44.6. The number of ether oxygens (including phenoxy) is 1. The maximum absolute atomic E-state index is 10.5. The summed E-state index contributed by atoms with van der Waals surface area (Å²) in [6.07, 6.45) is -4.12. The van der Waals surface area contributed by atoms with E-state index >= 15 is 0 Å². The van der Waals surface area contributed by atoms with Gasteiger partial charge in [-0.15, -0.1) is 29.7 Å². The number of aromatic nitrogens is 4. The summed E-state index contributed by atoms with van der Waals surface area (Å²) in [5, 5.41) is 1.82. The van der Waals surface area contributed by atoms with Crippen LogP contribution < -0.4 is 9.30 Å². The Kier molecular flexibility index (Phi) is 7.33. The van der Waals surface area contributed by atoms with Gasteiger partial charge in [0.25, 0.3) is 6.33 Å². The minimum atomic E-state index is -4.64. The number of benzene rings is 7. The van der Waals surface area contributed by atoms with Crippen LogP contribution in [-0.2, 0) is 48.1 Å². The Morgan fingerprint density at radius 1 is 0.635 bits per heavy atom. The number of para-hydroxylation sites is 1. The van der Waals surface area contributed by atoms with Crippen molar-refractivity contribution in [3.05, 3.63) is 198 Å². The Bertz CT molecular complexity index is 4860. The first-order valence-electron chi connectivity index (χ1n) is 36.0. The van der Waals surface area contributed by atoms with Gasteiger partial charge in [-0.05, 0) is 125 Å². The van der Waals surface area contributed by atoms with Crippen molar-refractivity contribution >= 4 is 32.8 Å². The Hall–Kier alpha value is -6.55. The molecule has 0 saturated carbocycles. The van der Waals surface area contributed by atoms with Crippen LogP contribution in [0, 0.1) is 18.5 Å². The second kappa shape index (κ2) is 18.4. The minimum absolute atomic E-state index is 0. The van der Waals surface area contributed by atoms with Gasteiger partial charge < -0.3 is 13.9 Å². The van der Waals surface area contributed by atoms with Gasteiger partial charge in [-0.3, -0.25) is 4.57 Å². The third kappa shape index (κ3) is 9.14. The topological polar surface area (TPSA) is 35.9 Å². The summed E-state index contributed by atoms with van der Waals surface area (Å²) in [5.41, 5.74) is -12.4. The standard InChI is InChI=1S/C68H68N4O.Pt/c1-64(2,3)46-27-31-59-61(39-46)71(63-54(44-20-15-14-16-21-44)37-48(66(7,8)9)38-55(63)45-26-30-56-57(36-45)68(12,13)34-33-67(56,10)11)43-70(59)49-22-19-23-50(41-49)73-51-28-29-53-52-24-17-18-25-58(52)72(60(53)42-51)62-40-47(32-35-69-62)65(4,5)6;/h14-32,35-40H,33-34H2,1-13H3;/q-2;/i10D3,11D3,12D3,13D3,14D,15D,16D,20D,21D,26D,30D,33D2,34D2,36D;. The predicted octanol–water partition coefficient (Wildman–Crippen LogP) is 17.2. The Labute approximate surface area is 487 Å². The molecule has 0 N–H and O–H groups in total. The van der Waals surface area contributed by atoms with Gasteiger partial charge in [-0.2, -0.15) is 18.2 Å². The van der Waals surface area contributed by atoms with E-state index < -0.39 is 138 Å². The number of nitrogens with zero attached hydrogens (tertiary/aromatic N) is 4. The fourth-order valence-corrected chi connectivity index (χ4v) is 9.33. The van der Waals surface area contributed by atoms with E-state index in [1.165, 1.54) is 16.7 Å². The molecule has 5 nitrogen and oxygen atoms in total. The van der Waals surface area contributed by atoms with E-state index in [1.54, 1.807) is 67.9 Å². The molecule has 3 heterocycles. The molecule has 0 radical (unpaired) electrons. The van der Waals surface area contributed by atoms with Gasteiger partial charge in [-0.25, -0.2) is 4.98 Å². The molecule has 1 aliphatic rings. The number of rotatable bonds is 7. The van der Waals surface area contributed by atoms with Crippen molar-refractivity contribution in [1.82, 2.24) is 14.1 Å². The van der Waals surface area contributed by atoms with Crippen LogP contribution in [-0.4, -0.2) is 14.1 Å². The Morgan fingerprint density at radius 2 is 1.31 bits per heavy atom. The zero-order valence-electron chi connectivity index (χ0n) is 66.3. The molecule has 0 aliphatic heterocycles. The molecule has 74 heavy (non-hydrogen) atoms. The minimum Gasteiger partial charge on any atom is -0.510 e. The van der Waals surface area contributed by atoms with Crippen LogP contribution in [0.5, 0.6) is 11.5 Å². The molecule has 0 bridgehead atoms. The van der Waals surface area contributed by atoms with Crippen molar-refractivity contribution in [3.8, 4) is 50.9 Å². The molecule has 10 aromatic rings. The number of hydrogen-bond acceptors (Lipinski definition) is 2. The number of hydrogen-bond donors (Lipinski definition) is 0. The summed E-state index contributed by atoms with van der Waals surface area (Å²) in [6.45, 7) is -0.163. The van der Waals surface area contributed by atoms with Gasteiger partial charge in [0.2, 0.25) is 0 Å². The average Bonchev–Trinajstić information content (AvgIpc) is 0.688. The third-order valence-electron chi connectivity index (χ3n) is 13.4. The molecule has 1 aliphatic carbocycles. The molecule has 7 aromatic carbocycles. The first-order valence-corrected chi connectivity index (χ1v) is 24.0. The molecule has 0 atom stereocenters. The molecule has 0 unspecified atom stereocenters. The summed E-state index contributed by atoms with van der Waals surface area (Å²) >= 11 is 0. The van der Waals surface area contributed by atoms with Crippen LogP contribution in [0.2, 0.25) is 0 Å². The van der Waals surface area contributed by atoms with Gasteiger partial charge in [0.1, 0.15) is 5.82 Å². The van der Waals surface area contributed by atoms with Gasteiger partial charge >= 0.3 is 0 Å². The van der Waals surface area contributed by atoms with Crippen molar-refractivity contribution in [2.75, 3.05) is 0 Å². The number of fused-ring (bicyclic) bond motifs is 5. The summed E-state index contributed by atoms with van der Waals surface area (Å²) < 4.78 is 234. The van der Waals surface area contributed by atoms with Crippen molar-refractivity contribution in [3.63, 3.8) is 0 Å². The van der Waals surface area contributed by atoms with Crippen LogP contribution >= 0.6 is 0 Å². The molecule has 3 aromatic heterocycles. The zero-order chi connectivity index (χ0) is 72.0. The van der Waals surface area contributed by atoms with E-state index in [0.717, 1.165) is 21.9 Å². The summed E-state index contributed by atoms with van der Waals surface area (Å²) in [6, 6.07) is 27.3. The summed E-state index contributed by atoms with van der Waals surface area (Å²) in [4.78, 5) is 4.80. The van der Waals surface area contributed by atoms with Crippen molar-refractivity contribution in [1.29, 1.82) is 0 Å². The second-order valence-corrected chi connectivity index (χ2v) is 21.7. The van der Waals surface area contributed by atoms with E-state index in [-0.39, 0.29) is 66.0 Å². The Morgan fingerprint density at radius 3 is 2.03 bits per heavy atom. The van der Waals surface area contributed by atoms with E-state index in [1.807, 2.05) is 73.9 Å². The second-order valence-electron chi connectivity index (χ2n) is 21.7. The molecular weight excluding hydrogens is 1080 g/mol. The van der Waals surface area contributed by atoms with Crippen LogP contribution in [0.4, 0.5) is 0 Å². The first-order chi connectivity index (χ1) is 44.4. The number of pyridine rings is 1. The Balaban J connectivity index is 0.0000104. The molecule has 6 heteroatoms. The molecule has 0 fully saturated rings. The van der Waals surface area contributed by atoms with Crippen molar-refractivity contribution < 1.29 is 63.3 Å². The SMILES string of the molecule is [2H]c1c([2H])c([2H])c(-c2cc(C(C)(C)C)cc(-c3c([2H])c([2H])c4c(c3[2H])C(C([2H])([2H])[2H])(C([2H])([2H])[2H])C([2H])([2H])C([2H])([2H])C4(C([2H])([2H])[2H])C([2H])([2H])[2H])c2-[n+]2[c-]n(-c3[c-]c(Oc4[c-]c5c(cc4)c4ccccc4n5-c4cc(C(C)(C)C)ccn4)ccc3)c3ccc(C(C)(C)C)cc32)c([2H])c1[2H].[Pt]. The monoisotopic (exact) mass is 1180 g/mol. The quantitative estimate of drug-likeness (QED) is 0.118. The summed E-state index contributed by atoms with van der Waals surface area (Å²) in [5.74, 6) is 1.11. The van der Waals surface area contributed by atoms with Crippen LogP contribution in [0.3, 0.4) is 0 Å². The number of imidazole rings is 1. The fourth-order valence-electron chi connectivity index (χ4n) is 9.33. The van der Waals surface area contributed by atoms with Gasteiger partial charge in [0, 0.05) is 66.2 Å². The first kappa shape index (κ1) is 29.5. The molecule has 0 saturated heterocycles. The normalized spacial score (nSPS) is 21.3. The van der Waals surface area contributed by atoms with E-state index in [2.05, 4.69) is 39.2 Å². The van der Waals surface area contributed by atoms with Crippen molar-refractivity contribution in [2.45, 2.75) is 130 Å². The molecule has 0 amide bonds. The maximum Gasteiger partial charge on any atom is 0.268 e. The predicted molar refractivity (Wildman–Crippen MR) is 302 cm³/mol. The van der Waals surface area contributed by atoms with Crippen LogP contribution in [0.1, 0.15) is 163 Å². The van der Waals surface area contributed by atoms with E-state index in [9.17, 15) is 12.3 Å². The van der Waals surface area contributed by atoms with E-state index in [4.69, 9.17) is 30.3 Å². The van der Waals surface area contributed by atoms with Crippen LogP contribution in [0.15, 0.2) is 152 Å². The average molecular weight is 1180 g/mol. The van der Waals surface area contributed by atoms with E-state index in [0.29, 0.717) is 22.4 Å². The van der Waals surface area contributed by atoms with Gasteiger partial charge in [0.15, 0.2) is 0 Å². The fraction of sp³-hybridized carbons (Fsp3) is 0.294.